The first-order valence-corrected chi connectivity index (χ1v) is 15.3. The van der Waals surface area contributed by atoms with Crippen LogP contribution in [0.5, 0.6) is 0 Å². The molecule has 4 fully saturated rings. The number of aromatic nitrogens is 1. The van der Waals surface area contributed by atoms with Crippen LogP contribution < -0.4 is 5.32 Å². The highest BCUT2D eigenvalue weighted by Gasteiger charge is 2.78. The largest absolute Gasteiger partial charge is 0.481 e. The van der Waals surface area contributed by atoms with Crippen molar-refractivity contribution in [1.29, 1.82) is 0 Å². The number of amides is 1. The van der Waals surface area contributed by atoms with Gasteiger partial charge in [0.05, 0.1) is 17.5 Å². The summed E-state index contributed by atoms with van der Waals surface area (Å²) < 4.78 is 16.3. The number of carboxylic acid groups (broad SMARTS) is 1. The number of aliphatic carboxylic acids is 1. The molecule has 220 valence electrons. The van der Waals surface area contributed by atoms with Gasteiger partial charge in [-0.2, -0.15) is 0 Å². The molecule has 1 amide bonds. The molecule has 4 aliphatic rings. The average molecular weight is 585 g/mol. The summed E-state index contributed by atoms with van der Waals surface area (Å²) in [4.78, 5) is 25.6. The van der Waals surface area contributed by atoms with E-state index in [0.29, 0.717) is 12.1 Å². The van der Waals surface area contributed by atoms with Crippen LogP contribution >= 0.6 is 0 Å². The Hall–Kier alpha value is -4.71. The lowest BCUT2D eigenvalue weighted by Gasteiger charge is -2.73. The lowest BCUT2D eigenvalue weighted by Crippen LogP contribution is -2.71. The van der Waals surface area contributed by atoms with E-state index in [2.05, 4.69) is 46.3 Å². The minimum absolute atomic E-state index is 0.0138. The third-order valence-electron chi connectivity index (χ3n) is 10.5. The van der Waals surface area contributed by atoms with Gasteiger partial charge in [-0.1, -0.05) is 66.7 Å². The van der Waals surface area contributed by atoms with Gasteiger partial charge in [0.25, 0.3) is 5.91 Å². The minimum Gasteiger partial charge on any atom is -0.481 e. The van der Waals surface area contributed by atoms with Crippen LogP contribution in [0.4, 0.5) is 4.39 Å². The van der Waals surface area contributed by atoms with Crippen LogP contribution in [0.3, 0.4) is 0 Å². The number of carbonyl (C=O) groups excluding carboxylic acids is 1. The van der Waals surface area contributed by atoms with Gasteiger partial charge in [0.2, 0.25) is 0 Å². The fraction of sp³-hybridized carbons (Fsp3) is 0.263. The summed E-state index contributed by atoms with van der Waals surface area (Å²) in [5, 5.41) is 13.7. The summed E-state index contributed by atoms with van der Waals surface area (Å²) in [6, 6.07) is 31.2. The van der Waals surface area contributed by atoms with Crippen molar-refractivity contribution in [3.8, 4) is 22.3 Å². The summed E-state index contributed by atoms with van der Waals surface area (Å²) in [5.74, 6) is -1.18. The van der Waals surface area contributed by atoms with E-state index >= 15 is 0 Å². The van der Waals surface area contributed by atoms with Gasteiger partial charge in [-0.05, 0) is 101 Å². The molecular formula is C38H33FN2O3. The predicted octanol–water partition coefficient (Wildman–Crippen LogP) is 8.07. The van der Waals surface area contributed by atoms with Gasteiger partial charge in [0.15, 0.2) is 0 Å². The Bertz CT molecular complexity index is 1920. The molecule has 2 bridgehead atoms. The second-order valence-corrected chi connectivity index (χ2v) is 13.4. The van der Waals surface area contributed by atoms with Crippen molar-refractivity contribution in [2.45, 2.75) is 50.6 Å². The molecule has 9 rings (SSSR count). The summed E-state index contributed by atoms with van der Waals surface area (Å²) in [6.07, 6.45) is 6.70. The molecule has 6 heteroatoms. The van der Waals surface area contributed by atoms with Crippen molar-refractivity contribution in [3.05, 3.63) is 120 Å². The second kappa shape index (κ2) is 9.65. The average Bonchev–Trinajstić information content (AvgIpc) is 3.65. The molecule has 2 N–H and O–H groups in total. The molecule has 0 saturated heterocycles. The molecule has 1 aromatic heterocycles. The number of carbonyl (C=O) groups is 2. The van der Waals surface area contributed by atoms with E-state index in [4.69, 9.17) is 0 Å². The molecule has 4 aliphatic carbocycles. The summed E-state index contributed by atoms with van der Waals surface area (Å²) in [7, 11) is 0. The van der Waals surface area contributed by atoms with Crippen molar-refractivity contribution < 1.29 is 19.1 Å². The molecule has 0 aliphatic heterocycles. The van der Waals surface area contributed by atoms with Crippen molar-refractivity contribution >= 4 is 22.8 Å². The third-order valence-corrected chi connectivity index (χ3v) is 10.5. The second-order valence-electron chi connectivity index (χ2n) is 13.4. The fourth-order valence-corrected chi connectivity index (χ4v) is 8.33. The van der Waals surface area contributed by atoms with Crippen molar-refractivity contribution in [3.63, 3.8) is 0 Å². The summed E-state index contributed by atoms with van der Waals surface area (Å²) in [6.45, 7) is 0.602. The van der Waals surface area contributed by atoms with E-state index in [-0.39, 0.29) is 34.5 Å². The monoisotopic (exact) mass is 584 g/mol. The van der Waals surface area contributed by atoms with Crippen LogP contribution in [0.2, 0.25) is 0 Å². The predicted molar refractivity (Wildman–Crippen MR) is 169 cm³/mol. The molecule has 5 nitrogen and oxygen atoms in total. The first kappa shape index (κ1) is 26.9. The molecule has 0 spiro atoms. The van der Waals surface area contributed by atoms with E-state index in [9.17, 15) is 19.1 Å². The van der Waals surface area contributed by atoms with Crippen molar-refractivity contribution in [2.24, 2.45) is 10.8 Å². The topological polar surface area (TPSA) is 71.3 Å². The quantitative estimate of drug-likeness (QED) is 0.184. The van der Waals surface area contributed by atoms with Gasteiger partial charge < -0.3 is 15.0 Å². The number of fused-ring (bicyclic) bond motifs is 1. The van der Waals surface area contributed by atoms with Gasteiger partial charge >= 0.3 is 5.97 Å². The Morgan fingerprint density at radius 1 is 0.795 bits per heavy atom. The van der Waals surface area contributed by atoms with E-state index in [1.54, 1.807) is 6.07 Å². The minimum atomic E-state index is -0.737. The normalized spacial score (nSPS) is 22.6. The summed E-state index contributed by atoms with van der Waals surface area (Å²) in [5.41, 5.74) is 6.05. The zero-order chi connectivity index (χ0) is 30.1. The van der Waals surface area contributed by atoms with Crippen LogP contribution in [0, 0.1) is 16.6 Å². The molecule has 44 heavy (non-hydrogen) atoms. The lowest BCUT2D eigenvalue weighted by atomic mass is 9.31. The van der Waals surface area contributed by atoms with E-state index in [1.807, 2.05) is 48.7 Å². The number of rotatable bonds is 9. The van der Waals surface area contributed by atoms with E-state index < -0.39 is 5.97 Å². The maximum Gasteiger partial charge on any atom is 0.303 e. The molecule has 4 aromatic carbocycles. The van der Waals surface area contributed by atoms with Gasteiger partial charge in [0, 0.05) is 23.7 Å². The highest BCUT2D eigenvalue weighted by atomic mass is 19.1. The van der Waals surface area contributed by atoms with Crippen molar-refractivity contribution in [1.82, 2.24) is 9.88 Å². The van der Waals surface area contributed by atoms with Gasteiger partial charge in [-0.3, -0.25) is 9.59 Å². The number of hydrogen-bond acceptors (Lipinski definition) is 2. The Morgan fingerprint density at radius 2 is 1.50 bits per heavy atom. The smallest absolute Gasteiger partial charge is 0.303 e. The number of hydrogen-bond donors (Lipinski definition) is 2. The first-order chi connectivity index (χ1) is 21.3. The standard InChI is InChI=1S/C38H33FN2O3/c39-31-8-4-7-28(18-31)30-17-29-13-16-41(21-25-9-11-27(12-10-25)26-5-2-1-3-6-26)34(29)32(19-30)35(44)40-38(14-15-38)37-22-36(23-37,24-37)20-33(42)43/h1-13,16-19H,14-15,20-24H2,(H,40,44)(H,42,43). The zero-order valence-corrected chi connectivity index (χ0v) is 24.4. The maximum absolute atomic E-state index is 14.2. The first-order valence-electron chi connectivity index (χ1n) is 15.3. The van der Waals surface area contributed by atoms with Crippen LogP contribution in [0.1, 0.15) is 54.4 Å². The van der Waals surface area contributed by atoms with Crippen molar-refractivity contribution in [2.75, 3.05) is 0 Å². The fourth-order valence-electron chi connectivity index (χ4n) is 8.33. The SMILES string of the molecule is O=C(O)CC12CC(C3(NC(=O)c4cc(-c5cccc(F)c5)cc5ccn(Cc6ccc(-c7ccccc7)cc6)c45)CC3)(C1)C2. The van der Waals surface area contributed by atoms with Gasteiger partial charge in [-0.15, -0.1) is 0 Å². The molecule has 4 saturated carbocycles. The van der Waals surface area contributed by atoms with Crippen LogP contribution in [0.25, 0.3) is 33.2 Å². The number of carboxylic acids is 1. The van der Waals surface area contributed by atoms with Crippen LogP contribution in [0.15, 0.2) is 103 Å². The van der Waals surface area contributed by atoms with Crippen LogP contribution in [-0.4, -0.2) is 27.1 Å². The molecule has 0 radical (unpaired) electrons. The molecular weight excluding hydrogens is 551 g/mol. The number of nitrogens with one attached hydrogen (secondary N) is 1. The summed E-state index contributed by atoms with van der Waals surface area (Å²) >= 11 is 0. The molecule has 5 aromatic rings. The van der Waals surface area contributed by atoms with Gasteiger partial charge in [-0.25, -0.2) is 4.39 Å². The van der Waals surface area contributed by atoms with Gasteiger partial charge in [0.1, 0.15) is 5.82 Å². The number of halogens is 1. The van der Waals surface area contributed by atoms with E-state index in [0.717, 1.165) is 65.3 Å². The Morgan fingerprint density at radius 3 is 2.18 bits per heavy atom. The number of nitrogens with zero attached hydrogens (tertiary/aromatic N) is 1. The van der Waals surface area contributed by atoms with Crippen LogP contribution in [-0.2, 0) is 11.3 Å². The number of benzene rings is 4. The Kier molecular flexibility index (Phi) is 5.89. The third kappa shape index (κ3) is 4.35. The Labute approximate surface area is 255 Å². The highest BCUT2D eigenvalue weighted by Crippen LogP contribution is 2.82. The molecule has 0 atom stereocenters. The van der Waals surface area contributed by atoms with E-state index in [1.165, 1.54) is 17.7 Å². The molecule has 0 unspecified atom stereocenters. The lowest BCUT2D eigenvalue weighted by molar-refractivity contribution is -0.232. The zero-order valence-electron chi connectivity index (χ0n) is 24.4. The Balaban J connectivity index is 1.13. The maximum atomic E-state index is 14.2. The highest BCUT2D eigenvalue weighted by molar-refractivity contribution is 6.08. The molecule has 1 heterocycles.